The number of nitrogens with zero attached hydrogens (tertiary/aromatic N) is 1. The summed E-state index contributed by atoms with van der Waals surface area (Å²) in [6.45, 7) is 5.92. The molecule has 1 atom stereocenters. The lowest BCUT2D eigenvalue weighted by atomic mass is 10.0. The molecule has 0 aliphatic heterocycles. The van der Waals surface area contributed by atoms with Crippen LogP contribution >= 0.6 is 0 Å². The van der Waals surface area contributed by atoms with Crippen LogP contribution in [0.2, 0.25) is 0 Å². The number of anilines is 1. The lowest BCUT2D eigenvalue weighted by molar-refractivity contribution is 0.0818. The normalized spacial score (nSPS) is 12.4. The van der Waals surface area contributed by atoms with Crippen molar-refractivity contribution in [3.63, 3.8) is 0 Å². The van der Waals surface area contributed by atoms with Crippen molar-refractivity contribution in [2.24, 2.45) is 11.8 Å². The first-order valence-corrected chi connectivity index (χ1v) is 6.79. The van der Waals surface area contributed by atoms with Gasteiger partial charge in [-0.25, -0.2) is 10.8 Å². The number of hydrazine groups is 1. The third kappa shape index (κ3) is 5.47. The fraction of sp³-hybridized carbons (Fsp3) is 0.643. The first-order valence-electron chi connectivity index (χ1n) is 6.79. The van der Waals surface area contributed by atoms with Gasteiger partial charge in [0.05, 0.1) is 6.61 Å². The summed E-state index contributed by atoms with van der Waals surface area (Å²) in [5.74, 6) is 6.62. The molecule has 1 heterocycles. The average Bonchev–Trinajstić information content (AvgIpc) is 2.43. The molecule has 1 unspecified atom stereocenters. The molecular weight excluding hydrogens is 226 g/mol. The Balaban J connectivity index is 2.26. The topological polar surface area (TPSA) is 60.2 Å². The number of nitrogen functional groups attached to an aromatic ring is 1. The van der Waals surface area contributed by atoms with Gasteiger partial charge in [0.2, 0.25) is 0 Å². The van der Waals surface area contributed by atoms with E-state index in [-0.39, 0.29) is 0 Å². The lowest BCUT2D eigenvalue weighted by Crippen LogP contribution is -2.10. The Bertz CT molecular complexity index is 313. The van der Waals surface area contributed by atoms with E-state index < -0.39 is 0 Å². The monoisotopic (exact) mass is 251 g/mol. The summed E-state index contributed by atoms with van der Waals surface area (Å²) in [5.41, 5.74) is 3.59. The molecule has 4 heteroatoms. The number of aromatic nitrogens is 1. The minimum atomic E-state index is 0.625. The van der Waals surface area contributed by atoms with Crippen molar-refractivity contribution in [3.8, 4) is 0 Å². The highest BCUT2D eigenvalue weighted by Crippen LogP contribution is 2.14. The maximum Gasteiger partial charge on any atom is 0.139 e. The van der Waals surface area contributed by atoms with E-state index in [0.29, 0.717) is 18.3 Å². The second-order valence-corrected chi connectivity index (χ2v) is 4.63. The van der Waals surface area contributed by atoms with Gasteiger partial charge in [-0.15, -0.1) is 0 Å². The lowest BCUT2D eigenvalue weighted by Gasteiger charge is -2.14. The van der Waals surface area contributed by atoms with Gasteiger partial charge in [0, 0.05) is 12.8 Å². The van der Waals surface area contributed by atoms with Crippen LogP contribution in [0.15, 0.2) is 18.3 Å². The molecule has 0 saturated carbocycles. The van der Waals surface area contributed by atoms with Gasteiger partial charge in [-0.1, -0.05) is 39.2 Å². The van der Waals surface area contributed by atoms with E-state index in [9.17, 15) is 0 Å². The smallest absolute Gasteiger partial charge is 0.139 e. The third-order valence-electron chi connectivity index (χ3n) is 3.14. The van der Waals surface area contributed by atoms with E-state index in [0.717, 1.165) is 12.2 Å². The summed E-state index contributed by atoms with van der Waals surface area (Å²) in [5, 5.41) is 0. The molecule has 0 spiro atoms. The van der Waals surface area contributed by atoms with Gasteiger partial charge in [0.25, 0.3) is 0 Å². The standard InChI is InChI=1S/C14H25N3O/c1-3-5-6-12(4-2)10-18-11-13-7-8-14(17-15)16-9-13/h7-9,12H,3-6,10-11,15H2,1-2H3,(H,16,17). The van der Waals surface area contributed by atoms with Crippen LogP contribution in [0.1, 0.15) is 45.1 Å². The zero-order valence-corrected chi connectivity index (χ0v) is 11.5. The maximum absolute atomic E-state index is 5.75. The predicted octanol–water partition coefficient (Wildman–Crippen LogP) is 3.10. The molecule has 3 N–H and O–H groups in total. The molecule has 0 aromatic carbocycles. The molecule has 4 nitrogen and oxygen atoms in total. The number of rotatable bonds is 9. The van der Waals surface area contributed by atoms with Gasteiger partial charge < -0.3 is 10.2 Å². The Morgan fingerprint density at radius 3 is 2.78 bits per heavy atom. The highest BCUT2D eigenvalue weighted by atomic mass is 16.5. The SMILES string of the molecule is CCCCC(CC)COCc1ccc(NN)nc1. The van der Waals surface area contributed by atoms with E-state index in [1.807, 2.05) is 12.1 Å². The van der Waals surface area contributed by atoms with Crippen molar-refractivity contribution in [3.05, 3.63) is 23.9 Å². The number of nitrogens with one attached hydrogen (secondary N) is 1. The molecule has 1 rings (SSSR count). The minimum Gasteiger partial charge on any atom is -0.376 e. The molecule has 0 bridgehead atoms. The molecule has 0 aliphatic rings. The van der Waals surface area contributed by atoms with E-state index >= 15 is 0 Å². The van der Waals surface area contributed by atoms with Crippen LogP contribution in [-0.2, 0) is 11.3 Å². The fourth-order valence-corrected chi connectivity index (χ4v) is 1.84. The van der Waals surface area contributed by atoms with Crippen molar-refractivity contribution >= 4 is 5.82 Å². The Morgan fingerprint density at radius 2 is 2.22 bits per heavy atom. The van der Waals surface area contributed by atoms with Crippen LogP contribution in [0, 0.1) is 5.92 Å². The number of unbranched alkanes of at least 4 members (excludes halogenated alkanes) is 1. The quantitative estimate of drug-likeness (QED) is 0.523. The van der Waals surface area contributed by atoms with Gasteiger partial charge in [0.15, 0.2) is 0 Å². The van der Waals surface area contributed by atoms with Crippen molar-refractivity contribution < 1.29 is 4.74 Å². The molecular formula is C14H25N3O. The Hall–Kier alpha value is -1.13. The summed E-state index contributed by atoms with van der Waals surface area (Å²) in [6.07, 6.45) is 6.80. The second kappa shape index (κ2) is 8.89. The maximum atomic E-state index is 5.75. The minimum absolute atomic E-state index is 0.625. The highest BCUT2D eigenvalue weighted by molar-refractivity contribution is 5.33. The van der Waals surface area contributed by atoms with E-state index in [4.69, 9.17) is 10.6 Å². The number of hydrogen-bond acceptors (Lipinski definition) is 4. The average molecular weight is 251 g/mol. The summed E-state index contributed by atoms with van der Waals surface area (Å²) in [6, 6.07) is 3.84. The first-order chi connectivity index (χ1) is 8.80. The number of hydrogen-bond donors (Lipinski definition) is 2. The molecule has 0 saturated heterocycles. The summed E-state index contributed by atoms with van der Waals surface area (Å²) in [7, 11) is 0. The molecule has 0 fully saturated rings. The van der Waals surface area contributed by atoms with Crippen LogP contribution in [0.5, 0.6) is 0 Å². The number of nitrogens with two attached hydrogens (primary N) is 1. The summed E-state index contributed by atoms with van der Waals surface area (Å²) in [4.78, 5) is 4.15. The van der Waals surface area contributed by atoms with E-state index in [2.05, 4.69) is 24.3 Å². The van der Waals surface area contributed by atoms with Crippen LogP contribution in [0.25, 0.3) is 0 Å². The van der Waals surface area contributed by atoms with Gasteiger partial charge in [0.1, 0.15) is 5.82 Å². The van der Waals surface area contributed by atoms with Gasteiger partial charge in [-0.3, -0.25) is 0 Å². The number of ether oxygens (including phenoxy) is 1. The largest absolute Gasteiger partial charge is 0.376 e. The van der Waals surface area contributed by atoms with E-state index in [1.165, 1.54) is 25.7 Å². The Morgan fingerprint density at radius 1 is 1.39 bits per heavy atom. The van der Waals surface area contributed by atoms with Crippen molar-refractivity contribution in [2.75, 3.05) is 12.0 Å². The van der Waals surface area contributed by atoms with Crippen molar-refractivity contribution in [2.45, 2.75) is 46.1 Å². The van der Waals surface area contributed by atoms with Crippen LogP contribution < -0.4 is 11.3 Å². The molecule has 1 aromatic rings. The van der Waals surface area contributed by atoms with Crippen molar-refractivity contribution in [1.82, 2.24) is 4.98 Å². The van der Waals surface area contributed by atoms with E-state index in [1.54, 1.807) is 6.20 Å². The zero-order chi connectivity index (χ0) is 13.2. The Labute approximate surface area is 110 Å². The van der Waals surface area contributed by atoms with Gasteiger partial charge in [-0.2, -0.15) is 0 Å². The predicted molar refractivity (Wildman–Crippen MR) is 75.0 cm³/mol. The van der Waals surface area contributed by atoms with Crippen molar-refractivity contribution in [1.29, 1.82) is 0 Å². The third-order valence-corrected chi connectivity index (χ3v) is 3.14. The fourth-order valence-electron chi connectivity index (χ4n) is 1.84. The first kappa shape index (κ1) is 14.9. The molecule has 0 radical (unpaired) electrons. The van der Waals surface area contributed by atoms with Crippen LogP contribution in [0.4, 0.5) is 5.82 Å². The van der Waals surface area contributed by atoms with Crippen LogP contribution in [0.3, 0.4) is 0 Å². The molecule has 1 aromatic heterocycles. The summed E-state index contributed by atoms with van der Waals surface area (Å²) >= 11 is 0. The molecule has 18 heavy (non-hydrogen) atoms. The molecule has 0 aliphatic carbocycles. The van der Waals surface area contributed by atoms with Gasteiger partial charge in [-0.05, 0) is 24.0 Å². The van der Waals surface area contributed by atoms with Gasteiger partial charge >= 0.3 is 0 Å². The Kier molecular flexibility index (Phi) is 7.37. The molecule has 102 valence electrons. The second-order valence-electron chi connectivity index (χ2n) is 4.63. The molecule has 0 amide bonds. The summed E-state index contributed by atoms with van der Waals surface area (Å²) < 4.78 is 5.75. The van der Waals surface area contributed by atoms with Crippen LogP contribution in [-0.4, -0.2) is 11.6 Å². The highest BCUT2D eigenvalue weighted by Gasteiger charge is 2.06. The number of pyridine rings is 1. The zero-order valence-electron chi connectivity index (χ0n) is 11.5.